The maximum absolute atomic E-state index is 12.9. The molecular formula is C22H15BrCl2N4O. The van der Waals surface area contributed by atoms with Gasteiger partial charge in [-0.15, -0.1) is 5.10 Å². The van der Waals surface area contributed by atoms with Gasteiger partial charge < -0.3 is 5.32 Å². The summed E-state index contributed by atoms with van der Waals surface area (Å²) in [6, 6.07) is 20.1. The molecule has 150 valence electrons. The maximum atomic E-state index is 12.9. The molecule has 0 bridgehead atoms. The van der Waals surface area contributed by atoms with Crippen molar-refractivity contribution >= 4 is 50.7 Å². The molecular weight excluding hydrogens is 487 g/mol. The van der Waals surface area contributed by atoms with E-state index in [1.54, 1.807) is 28.9 Å². The van der Waals surface area contributed by atoms with Crippen molar-refractivity contribution in [3.05, 3.63) is 92.6 Å². The molecule has 0 unspecified atom stereocenters. The Kier molecular flexibility index (Phi) is 5.90. The van der Waals surface area contributed by atoms with Gasteiger partial charge >= 0.3 is 0 Å². The smallest absolute Gasteiger partial charge is 0.295 e. The number of rotatable bonds is 4. The number of hydrogen-bond acceptors (Lipinski definition) is 3. The van der Waals surface area contributed by atoms with Gasteiger partial charge in [-0.05, 0) is 61.0 Å². The van der Waals surface area contributed by atoms with Crippen molar-refractivity contribution in [2.24, 2.45) is 0 Å². The molecule has 1 aromatic heterocycles. The van der Waals surface area contributed by atoms with Crippen LogP contribution in [0.25, 0.3) is 17.1 Å². The molecule has 1 heterocycles. The summed E-state index contributed by atoms with van der Waals surface area (Å²) < 4.78 is 2.57. The summed E-state index contributed by atoms with van der Waals surface area (Å²) in [6.07, 6.45) is 0. The van der Waals surface area contributed by atoms with Crippen LogP contribution < -0.4 is 5.32 Å². The van der Waals surface area contributed by atoms with Gasteiger partial charge in [0, 0.05) is 25.8 Å². The van der Waals surface area contributed by atoms with Gasteiger partial charge in [0.15, 0.2) is 5.82 Å². The van der Waals surface area contributed by atoms with Crippen LogP contribution in [0.15, 0.2) is 71.2 Å². The minimum absolute atomic E-state index is 0.0437. The zero-order valence-corrected chi connectivity index (χ0v) is 18.8. The summed E-state index contributed by atoms with van der Waals surface area (Å²) >= 11 is 15.5. The summed E-state index contributed by atoms with van der Waals surface area (Å²) in [6.45, 7) is 1.89. The van der Waals surface area contributed by atoms with E-state index in [-0.39, 0.29) is 5.82 Å². The molecule has 4 rings (SSSR count). The standard InChI is InChI=1S/C22H15BrCl2N4O/c1-13-2-7-17(25)12-19(13)26-22(30)20-27-21(14-3-5-15(23)6-4-14)29(28-20)18-10-8-16(24)9-11-18/h2-12H,1H3,(H,26,30). The molecule has 0 aliphatic rings. The number of anilines is 1. The molecule has 0 aliphatic carbocycles. The fourth-order valence-electron chi connectivity index (χ4n) is 2.86. The van der Waals surface area contributed by atoms with E-state index in [1.165, 1.54) is 0 Å². The van der Waals surface area contributed by atoms with Gasteiger partial charge in [-0.1, -0.05) is 57.3 Å². The second kappa shape index (κ2) is 8.60. The van der Waals surface area contributed by atoms with Crippen molar-refractivity contribution in [3.63, 3.8) is 0 Å². The minimum Gasteiger partial charge on any atom is -0.319 e. The minimum atomic E-state index is -0.425. The molecule has 30 heavy (non-hydrogen) atoms. The number of carbonyl (C=O) groups excluding carboxylic acids is 1. The average molecular weight is 502 g/mol. The van der Waals surface area contributed by atoms with Gasteiger partial charge in [0.1, 0.15) is 0 Å². The molecule has 0 saturated heterocycles. The first-order valence-electron chi connectivity index (χ1n) is 8.97. The van der Waals surface area contributed by atoms with Crippen LogP contribution in [0.1, 0.15) is 16.2 Å². The van der Waals surface area contributed by atoms with Crippen LogP contribution in [0.3, 0.4) is 0 Å². The number of halogens is 3. The second-order valence-corrected chi connectivity index (χ2v) is 8.36. The average Bonchev–Trinajstić information content (AvgIpc) is 3.17. The Morgan fingerprint density at radius 3 is 2.33 bits per heavy atom. The van der Waals surface area contributed by atoms with Crippen LogP contribution in [0.2, 0.25) is 10.0 Å². The van der Waals surface area contributed by atoms with Gasteiger partial charge in [-0.3, -0.25) is 4.79 Å². The van der Waals surface area contributed by atoms with Crippen LogP contribution in [0.5, 0.6) is 0 Å². The van der Waals surface area contributed by atoms with Gasteiger partial charge in [-0.2, -0.15) is 0 Å². The molecule has 5 nitrogen and oxygen atoms in total. The zero-order valence-electron chi connectivity index (χ0n) is 15.7. The van der Waals surface area contributed by atoms with Crippen LogP contribution in [0, 0.1) is 6.92 Å². The van der Waals surface area contributed by atoms with Crippen molar-refractivity contribution in [3.8, 4) is 17.1 Å². The first kappa shape index (κ1) is 20.6. The molecule has 8 heteroatoms. The predicted octanol–water partition coefficient (Wildman–Crippen LogP) is 6.56. The Morgan fingerprint density at radius 1 is 0.967 bits per heavy atom. The van der Waals surface area contributed by atoms with E-state index in [0.717, 1.165) is 21.3 Å². The topological polar surface area (TPSA) is 59.8 Å². The van der Waals surface area contributed by atoms with E-state index in [2.05, 4.69) is 31.3 Å². The third kappa shape index (κ3) is 4.41. The summed E-state index contributed by atoms with van der Waals surface area (Å²) in [5.41, 5.74) is 3.06. The number of nitrogens with one attached hydrogen (secondary N) is 1. The molecule has 0 saturated carbocycles. The Morgan fingerprint density at radius 2 is 1.63 bits per heavy atom. The molecule has 0 fully saturated rings. The highest BCUT2D eigenvalue weighted by atomic mass is 79.9. The third-order valence-electron chi connectivity index (χ3n) is 4.43. The Balaban J connectivity index is 1.76. The lowest BCUT2D eigenvalue weighted by Crippen LogP contribution is -2.15. The summed E-state index contributed by atoms with van der Waals surface area (Å²) in [5, 5.41) is 8.44. The molecule has 4 aromatic rings. The summed E-state index contributed by atoms with van der Waals surface area (Å²) in [4.78, 5) is 17.4. The molecule has 0 radical (unpaired) electrons. The Labute approximate surface area is 191 Å². The highest BCUT2D eigenvalue weighted by Gasteiger charge is 2.19. The largest absolute Gasteiger partial charge is 0.319 e. The van der Waals surface area contributed by atoms with Crippen molar-refractivity contribution in [1.29, 1.82) is 0 Å². The van der Waals surface area contributed by atoms with Crippen LogP contribution in [0.4, 0.5) is 5.69 Å². The number of amides is 1. The van der Waals surface area contributed by atoms with Crippen molar-refractivity contribution in [1.82, 2.24) is 14.8 Å². The molecule has 1 amide bonds. The number of aromatic nitrogens is 3. The van der Waals surface area contributed by atoms with Crippen molar-refractivity contribution in [2.75, 3.05) is 5.32 Å². The molecule has 0 aliphatic heterocycles. The molecule has 1 N–H and O–H groups in total. The van der Waals surface area contributed by atoms with Gasteiger partial charge in [0.25, 0.3) is 5.91 Å². The highest BCUT2D eigenvalue weighted by Crippen LogP contribution is 2.25. The second-order valence-electron chi connectivity index (χ2n) is 6.57. The molecule has 3 aromatic carbocycles. The summed E-state index contributed by atoms with van der Waals surface area (Å²) in [5.74, 6) is 0.159. The number of aryl methyl sites for hydroxylation is 1. The Bertz CT molecular complexity index is 1160. The maximum Gasteiger partial charge on any atom is 0.295 e. The SMILES string of the molecule is Cc1ccc(Cl)cc1NC(=O)c1nc(-c2ccc(Br)cc2)n(-c2ccc(Cl)cc2)n1. The zero-order chi connectivity index (χ0) is 21.3. The van der Waals surface area contributed by atoms with E-state index in [9.17, 15) is 4.79 Å². The quantitative estimate of drug-likeness (QED) is 0.344. The fourth-order valence-corrected chi connectivity index (χ4v) is 3.43. The molecule has 0 spiro atoms. The normalized spacial score (nSPS) is 10.8. The van der Waals surface area contributed by atoms with Crippen LogP contribution in [-0.2, 0) is 0 Å². The van der Waals surface area contributed by atoms with E-state index >= 15 is 0 Å². The summed E-state index contributed by atoms with van der Waals surface area (Å²) in [7, 11) is 0. The first-order valence-corrected chi connectivity index (χ1v) is 10.5. The van der Waals surface area contributed by atoms with Crippen LogP contribution in [-0.4, -0.2) is 20.7 Å². The Hall–Kier alpha value is -2.67. The van der Waals surface area contributed by atoms with E-state index in [4.69, 9.17) is 23.2 Å². The third-order valence-corrected chi connectivity index (χ3v) is 5.45. The van der Waals surface area contributed by atoms with E-state index in [0.29, 0.717) is 21.6 Å². The van der Waals surface area contributed by atoms with Gasteiger partial charge in [-0.25, -0.2) is 9.67 Å². The fraction of sp³-hybridized carbons (Fsp3) is 0.0455. The first-order chi connectivity index (χ1) is 14.4. The van der Waals surface area contributed by atoms with Crippen molar-refractivity contribution in [2.45, 2.75) is 6.92 Å². The van der Waals surface area contributed by atoms with E-state index < -0.39 is 5.91 Å². The van der Waals surface area contributed by atoms with Gasteiger partial charge in [0.05, 0.1) is 5.69 Å². The number of hydrogen-bond donors (Lipinski definition) is 1. The monoisotopic (exact) mass is 500 g/mol. The number of benzene rings is 3. The van der Waals surface area contributed by atoms with E-state index in [1.807, 2.05) is 49.4 Å². The van der Waals surface area contributed by atoms with Crippen LogP contribution >= 0.6 is 39.1 Å². The molecule has 0 atom stereocenters. The van der Waals surface area contributed by atoms with Gasteiger partial charge in [0.2, 0.25) is 5.82 Å². The lowest BCUT2D eigenvalue weighted by Gasteiger charge is -2.07. The van der Waals surface area contributed by atoms with Crippen molar-refractivity contribution < 1.29 is 4.79 Å². The number of carbonyl (C=O) groups is 1. The lowest BCUT2D eigenvalue weighted by atomic mass is 10.2. The number of nitrogens with zero attached hydrogens (tertiary/aromatic N) is 3. The highest BCUT2D eigenvalue weighted by molar-refractivity contribution is 9.10. The lowest BCUT2D eigenvalue weighted by molar-refractivity contribution is 0.101. The predicted molar refractivity (Wildman–Crippen MR) is 124 cm³/mol.